The SMILES string of the molecule is Cc1ccccc1C(C)(C)C(O)C(=O)[O-].[NH4+]. The zero-order valence-electron chi connectivity index (χ0n) is 10.2. The number of carboxylic acids is 1. The average Bonchev–Trinajstić information content (AvgIpc) is 2.16. The van der Waals surface area contributed by atoms with Crippen LogP contribution in [-0.2, 0) is 10.2 Å². The molecular weight excluding hydrogens is 206 g/mol. The molecule has 0 amide bonds. The minimum absolute atomic E-state index is 0. The van der Waals surface area contributed by atoms with E-state index >= 15 is 0 Å². The maximum atomic E-state index is 10.7. The van der Waals surface area contributed by atoms with Crippen LogP contribution in [0.1, 0.15) is 25.0 Å². The Morgan fingerprint density at radius 2 is 1.88 bits per heavy atom. The van der Waals surface area contributed by atoms with Gasteiger partial charge in [-0.25, -0.2) is 0 Å². The summed E-state index contributed by atoms with van der Waals surface area (Å²) < 4.78 is 0. The van der Waals surface area contributed by atoms with E-state index in [9.17, 15) is 15.0 Å². The van der Waals surface area contributed by atoms with Crippen molar-refractivity contribution in [3.63, 3.8) is 0 Å². The number of aliphatic carboxylic acids is 1. The molecule has 1 aromatic carbocycles. The Balaban J connectivity index is 0.00000225. The van der Waals surface area contributed by atoms with Gasteiger partial charge >= 0.3 is 0 Å². The number of carboxylic acid groups (broad SMARTS) is 1. The van der Waals surface area contributed by atoms with E-state index in [0.29, 0.717) is 0 Å². The number of benzene rings is 1. The molecule has 0 aliphatic carbocycles. The van der Waals surface area contributed by atoms with Crippen LogP contribution in [0.4, 0.5) is 0 Å². The first-order chi connectivity index (χ1) is 6.87. The molecule has 1 aromatic rings. The van der Waals surface area contributed by atoms with Crippen LogP contribution in [0.5, 0.6) is 0 Å². The number of hydrogen-bond donors (Lipinski definition) is 2. The molecule has 0 fully saturated rings. The molecule has 90 valence electrons. The molecule has 5 N–H and O–H groups in total. The summed E-state index contributed by atoms with van der Waals surface area (Å²) >= 11 is 0. The largest absolute Gasteiger partial charge is 0.547 e. The fourth-order valence-corrected chi connectivity index (χ4v) is 1.74. The lowest BCUT2D eigenvalue weighted by Gasteiger charge is -2.32. The summed E-state index contributed by atoms with van der Waals surface area (Å²) in [6, 6.07) is 7.41. The first-order valence-corrected chi connectivity index (χ1v) is 4.82. The standard InChI is InChI=1S/C12H16O3.H3N/c1-8-6-4-5-7-9(8)12(2,3)10(13)11(14)15;/h4-7,10,13H,1-3H3,(H,14,15);1H3. The third-order valence-corrected chi connectivity index (χ3v) is 2.75. The van der Waals surface area contributed by atoms with Gasteiger partial charge in [0.2, 0.25) is 0 Å². The molecule has 16 heavy (non-hydrogen) atoms. The summed E-state index contributed by atoms with van der Waals surface area (Å²) in [6.07, 6.45) is -1.50. The highest BCUT2D eigenvalue weighted by Crippen LogP contribution is 2.29. The van der Waals surface area contributed by atoms with Crippen LogP contribution in [-0.4, -0.2) is 17.2 Å². The average molecular weight is 225 g/mol. The number of aliphatic hydroxyl groups is 1. The van der Waals surface area contributed by atoms with Gasteiger partial charge < -0.3 is 21.2 Å². The van der Waals surface area contributed by atoms with Crippen molar-refractivity contribution >= 4 is 5.97 Å². The van der Waals surface area contributed by atoms with E-state index in [1.165, 1.54) is 0 Å². The van der Waals surface area contributed by atoms with Gasteiger partial charge in [0.15, 0.2) is 0 Å². The highest BCUT2D eigenvalue weighted by Gasteiger charge is 2.31. The molecule has 0 radical (unpaired) electrons. The van der Waals surface area contributed by atoms with Crippen molar-refractivity contribution in [2.24, 2.45) is 0 Å². The lowest BCUT2D eigenvalue weighted by Crippen LogP contribution is -2.47. The molecule has 0 saturated heterocycles. The molecule has 0 aliphatic rings. The summed E-state index contributed by atoms with van der Waals surface area (Å²) in [5.74, 6) is -1.44. The van der Waals surface area contributed by atoms with E-state index in [4.69, 9.17) is 0 Å². The Morgan fingerprint density at radius 1 is 1.38 bits per heavy atom. The minimum atomic E-state index is -1.50. The maximum absolute atomic E-state index is 10.7. The van der Waals surface area contributed by atoms with Crippen molar-refractivity contribution in [2.75, 3.05) is 0 Å². The van der Waals surface area contributed by atoms with Gasteiger partial charge in [-0.05, 0) is 18.1 Å². The van der Waals surface area contributed by atoms with Gasteiger partial charge in [-0.15, -0.1) is 0 Å². The maximum Gasteiger partial charge on any atom is 0.102 e. The van der Waals surface area contributed by atoms with Gasteiger partial charge in [0, 0.05) is 5.41 Å². The van der Waals surface area contributed by atoms with Crippen LogP contribution >= 0.6 is 0 Å². The van der Waals surface area contributed by atoms with Crippen LogP contribution in [0.15, 0.2) is 24.3 Å². The van der Waals surface area contributed by atoms with Crippen molar-refractivity contribution in [3.05, 3.63) is 35.4 Å². The molecule has 0 heterocycles. The third-order valence-electron chi connectivity index (χ3n) is 2.75. The predicted molar refractivity (Wildman–Crippen MR) is 61.2 cm³/mol. The molecule has 0 spiro atoms. The first-order valence-electron chi connectivity index (χ1n) is 4.82. The first kappa shape index (κ1) is 14.6. The predicted octanol–water partition coefficient (Wildman–Crippen LogP) is 0.760. The quantitative estimate of drug-likeness (QED) is 0.794. The summed E-state index contributed by atoms with van der Waals surface area (Å²) in [4.78, 5) is 10.7. The summed E-state index contributed by atoms with van der Waals surface area (Å²) in [6.45, 7) is 5.27. The summed E-state index contributed by atoms with van der Waals surface area (Å²) in [5.41, 5.74) is 0.939. The van der Waals surface area contributed by atoms with Gasteiger partial charge in [0.05, 0.1) is 5.97 Å². The van der Waals surface area contributed by atoms with E-state index in [1.807, 2.05) is 31.2 Å². The Kier molecular flexibility index (Phi) is 4.65. The number of quaternary nitrogens is 1. The molecule has 0 aromatic heterocycles. The van der Waals surface area contributed by atoms with Crippen molar-refractivity contribution in [3.8, 4) is 0 Å². The Bertz CT molecular complexity index is 374. The summed E-state index contributed by atoms with van der Waals surface area (Å²) in [7, 11) is 0. The molecule has 0 bridgehead atoms. The second-order valence-corrected chi connectivity index (χ2v) is 4.26. The van der Waals surface area contributed by atoms with E-state index in [2.05, 4.69) is 0 Å². The number of aryl methyl sites for hydroxylation is 1. The fraction of sp³-hybridized carbons (Fsp3) is 0.417. The molecule has 4 nitrogen and oxygen atoms in total. The van der Waals surface area contributed by atoms with E-state index in [1.54, 1.807) is 13.8 Å². The van der Waals surface area contributed by atoms with Crippen molar-refractivity contribution in [1.29, 1.82) is 0 Å². The van der Waals surface area contributed by atoms with Crippen LogP contribution in [0, 0.1) is 6.92 Å². The lowest BCUT2D eigenvalue weighted by atomic mass is 9.77. The highest BCUT2D eigenvalue weighted by molar-refractivity contribution is 5.72. The van der Waals surface area contributed by atoms with Gasteiger partial charge in [-0.2, -0.15) is 0 Å². The number of rotatable bonds is 3. The fourth-order valence-electron chi connectivity index (χ4n) is 1.74. The number of carbonyl (C=O) groups is 1. The number of aliphatic hydroxyl groups excluding tert-OH is 1. The molecular formula is C12H19NO3. The van der Waals surface area contributed by atoms with Crippen LogP contribution in [0.2, 0.25) is 0 Å². The topological polar surface area (TPSA) is 96.9 Å². The second-order valence-electron chi connectivity index (χ2n) is 4.26. The normalized spacial score (nSPS) is 12.8. The van der Waals surface area contributed by atoms with Crippen LogP contribution < -0.4 is 11.3 Å². The smallest absolute Gasteiger partial charge is 0.102 e. The second kappa shape index (κ2) is 5.09. The van der Waals surface area contributed by atoms with Crippen molar-refractivity contribution in [2.45, 2.75) is 32.3 Å². The third kappa shape index (κ3) is 2.59. The van der Waals surface area contributed by atoms with Crippen molar-refractivity contribution in [1.82, 2.24) is 6.15 Å². The van der Waals surface area contributed by atoms with E-state index < -0.39 is 17.5 Å². The molecule has 1 rings (SSSR count). The Hall–Kier alpha value is -1.39. The van der Waals surface area contributed by atoms with Gasteiger partial charge in [-0.1, -0.05) is 38.1 Å². The Labute approximate surface area is 95.5 Å². The zero-order chi connectivity index (χ0) is 11.6. The van der Waals surface area contributed by atoms with E-state index in [-0.39, 0.29) is 6.15 Å². The van der Waals surface area contributed by atoms with Crippen molar-refractivity contribution < 1.29 is 15.0 Å². The van der Waals surface area contributed by atoms with Gasteiger partial charge in [0.25, 0.3) is 0 Å². The molecule has 4 heteroatoms. The van der Waals surface area contributed by atoms with Crippen LogP contribution in [0.3, 0.4) is 0 Å². The highest BCUT2D eigenvalue weighted by atomic mass is 16.4. The Morgan fingerprint density at radius 3 is 2.31 bits per heavy atom. The minimum Gasteiger partial charge on any atom is -0.547 e. The number of hydrogen-bond acceptors (Lipinski definition) is 3. The van der Waals surface area contributed by atoms with Crippen LogP contribution in [0.25, 0.3) is 0 Å². The van der Waals surface area contributed by atoms with Gasteiger partial charge in [0.1, 0.15) is 6.10 Å². The molecule has 0 aliphatic heterocycles. The molecule has 1 atom stereocenters. The number of carbonyl (C=O) groups excluding carboxylic acids is 1. The summed E-state index contributed by atoms with van der Waals surface area (Å²) in [5, 5.41) is 20.2. The lowest BCUT2D eigenvalue weighted by molar-refractivity contribution is -0.317. The van der Waals surface area contributed by atoms with E-state index in [0.717, 1.165) is 11.1 Å². The molecule has 1 unspecified atom stereocenters. The monoisotopic (exact) mass is 225 g/mol. The van der Waals surface area contributed by atoms with Gasteiger partial charge in [-0.3, -0.25) is 0 Å². The zero-order valence-corrected chi connectivity index (χ0v) is 10.2. The molecule has 0 saturated carbocycles.